The average Bonchev–Trinajstić information content (AvgIpc) is 2.72. The number of hydrogen-bond donors (Lipinski definition) is 1. The normalized spacial score (nSPS) is 15.9. The molecule has 0 spiro atoms. The highest BCUT2D eigenvalue weighted by molar-refractivity contribution is 5.66. The van der Waals surface area contributed by atoms with Crippen molar-refractivity contribution in [2.75, 3.05) is 32.8 Å². The highest BCUT2D eigenvalue weighted by atomic mass is 16.5. The number of fused-ring (bicyclic) bond motifs is 1. The van der Waals surface area contributed by atoms with Crippen molar-refractivity contribution in [2.45, 2.75) is 71.1 Å². The van der Waals surface area contributed by atoms with Crippen molar-refractivity contribution in [3.63, 3.8) is 0 Å². The van der Waals surface area contributed by atoms with E-state index in [4.69, 9.17) is 14.6 Å². The largest absolute Gasteiger partial charge is 0.493 e. The number of carboxylic acid groups (broad SMARTS) is 1. The molecule has 0 aromatic heterocycles. The molecule has 0 unspecified atom stereocenters. The number of unbranched alkanes of at least 4 members (excludes halogenated alkanes) is 3. The molecule has 5 heteroatoms. The second-order valence-electron chi connectivity index (χ2n) is 7.68. The lowest BCUT2D eigenvalue weighted by atomic mass is 10.1. The Bertz CT molecular complexity index is 576. The van der Waals surface area contributed by atoms with Gasteiger partial charge < -0.3 is 19.5 Å². The molecule has 0 radical (unpaired) electrons. The van der Waals surface area contributed by atoms with Gasteiger partial charge in [-0.1, -0.05) is 32.3 Å². The zero-order valence-electron chi connectivity index (χ0n) is 17.5. The number of carboxylic acids is 1. The summed E-state index contributed by atoms with van der Waals surface area (Å²) in [6, 6.07) is 6.26. The van der Waals surface area contributed by atoms with E-state index in [1.807, 2.05) is 0 Å². The molecule has 1 aliphatic rings. The van der Waals surface area contributed by atoms with Crippen LogP contribution in [-0.2, 0) is 11.2 Å². The third-order valence-electron chi connectivity index (χ3n) is 5.22. The lowest BCUT2D eigenvalue weighted by molar-refractivity contribution is -0.137. The number of aliphatic carboxylic acids is 1. The number of nitrogens with zero attached hydrogens (tertiary/aromatic N) is 1. The second-order valence-corrected chi connectivity index (χ2v) is 7.68. The topological polar surface area (TPSA) is 59.0 Å². The van der Waals surface area contributed by atoms with E-state index in [1.54, 1.807) is 0 Å². The maximum atomic E-state index is 10.7. The van der Waals surface area contributed by atoms with Crippen LogP contribution in [0.3, 0.4) is 0 Å². The van der Waals surface area contributed by atoms with E-state index >= 15 is 0 Å². The predicted molar refractivity (Wildman–Crippen MR) is 112 cm³/mol. The van der Waals surface area contributed by atoms with E-state index in [0.29, 0.717) is 0 Å². The SMILES string of the molecule is CCCCCCOc1ccc2c(c1)OCCCCN(CCCC(=O)O)CCC2. The van der Waals surface area contributed by atoms with Crippen molar-refractivity contribution in [3.05, 3.63) is 23.8 Å². The Hall–Kier alpha value is -1.75. The van der Waals surface area contributed by atoms with E-state index in [1.165, 1.54) is 24.8 Å². The van der Waals surface area contributed by atoms with E-state index in [-0.39, 0.29) is 6.42 Å². The van der Waals surface area contributed by atoms with Crippen LogP contribution in [-0.4, -0.2) is 48.8 Å². The van der Waals surface area contributed by atoms with Gasteiger partial charge in [0, 0.05) is 12.5 Å². The number of hydrogen-bond acceptors (Lipinski definition) is 4. The van der Waals surface area contributed by atoms with Gasteiger partial charge in [-0.05, 0) is 69.8 Å². The summed E-state index contributed by atoms with van der Waals surface area (Å²) in [5, 5.41) is 8.84. The summed E-state index contributed by atoms with van der Waals surface area (Å²) in [5.74, 6) is 1.16. The molecule has 0 aliphatic carbocycles. The van der Waals surface area contributed by atoms with E-state index in [0.717, 1.165) is 82.9 Å². The molecule has 0 amide bonds. The van der Waals surface area contributed by atoms with Crippen LogP contribution in [0.2, 0.25) is 0 Å². The Morgan fingerprint density at radius 3 is 2.82 bits per heavy atom. The Morgan fingerprint density at radius 2 is 2.00 bits per heavy atom. The minimum atomic E-state index is -0.705. The van der Waals surface area contributed by atoms with Crippen LogP contribution in [0.4, 0.5) is 0 Å². The van der Waals surface area contributed by atoms with Crippen LogP contribution in [0.1, 0.15) is 70.3 Å². The highest BCUT2D eigenvalue weighted by Crippen LogP contribution is 2.27. The number of ether oxygens (including phenoxy) is 2. The van der Waals surface area contributed by atoms with Gasteiger partial charge in [-0.2, -0.15) is 0 Å². The van der Waals surface area contributed by atoms with Crippen molar-refractivity contribution < 1.29 is 19.4 Å². The van der Waals surface area contributed by atoms with Crippen molar-refractivity contribution in [2.24, 2.45) is 0 Å². The zero-order chi connectivity index (χ0) is 20.0. The molecule has 5 nitrogen and oxygen atoms in total. The molecule has 0 saturated carbocycles. The molecule has 1 N–H and O–H groups in total. The predicted octanol–water partition coefficient (Wildman–Crippen LogP) is 4.92. The van der Waals surface area contributed by atoms with E-state index in [2.05, 4.69) is 30.0 Å². The first-order valence-corrected chi connectivity index (χ1v) is 11.0. The van der Waals surface area contributed by atoms with Crippen LogP contribution in [0, 0.1) is 0 Å². The van der Waals surface area contributed by atoms with Crippen molar-refractivity contribution in [1.82, 2.24) is 4.90 Å². The van der Waals surface area contributed by atoms with E-state index in [9.17, 15) is 4.79 Å². The third kappa shape index (κ3) is 8.96. The number of benzene rings is 1. The highest BCUT2D eigenvalue weighted by Gasteiger charge is 2.11. The minimum Gasteiger partial charge on any atom is -0.493 e. The molecular formula is C23H37NO4. The summed E-state index contributed by atoms with van der Waals surface area (Å²) < 4.78 is 12.0. The second kappa shape index (κ2) is 13.4. The molecule has 0 saturated heterocycles. The summed E-state index contributed by atoms with van der Waals surface area (Å²) in [7, 11) is 0. The monoisotopic (exact) mass is 391 g/mol. The van der Waals surface area contributed by atoms with Gasteiger partial charge in [0.05, 0.1) is 13.2 Å². The number of carbonyl (C=O) groups is 1. The molecule has 158 valence electrons. The lowest BCUT2D eigenvalue weighted by Crippen LogP contribution is -2.28. The van der Waals surface area contributed by atoms with E-state index < -0.39 is 5.97 Å². The summed E-state index contributed by atoms with van der Waals surface area (Å²) >= 11 is 0. The minimum absolute atomic E-state index is 0.254. The van der Waals surface area contributed by atoms with Crippen LogP contribution >= 0.6 is 0 Å². The maximum absolute atomic E-state index is 10.7. The fraction of sp³-hybridized carbons (Fsp3) is 0.696. The molecule has 28 heavy (non-hydrogen) atoms. The average molecular weight is 392 g/mol. The summed E-state index contributed by atoms with van der Waals surface area (Å²) in [4.78, 5) is 13.1. The summed E-state index contributed by atoms with van der Waals surface area (Å²) in [6.07, 6.45) is 9.93. The van der Waals surface area contributed by atoms with Gasteiger partial charge in [0.25, 0.3) is 0 Å². The standard InChI is InChI=1S/C23H37NO4/c1-2-3-4-6-17-27-21-13-12-20-10-8-15-24(16-9-11-23(25)26)14-5-7-18-28-22(20)19-21/h12-13,19H,2-11,14-18H2,1H3,(H,25,26). The fourth-order valence-corrected chi connectivity index (χ4v) is 3.59. The molecule has 0 atom stereocenters. The van der Waals surface area contributed by atoms with Crippen LogP contribution < -0.4 is 9.47 Å². The first kappa shape index (κ1) is 22.5. The molecule has 1 aromatic carbocycles. The van der Waals surface area contributed by atoms with Crippen LogP contribution in [0.15, 0.2) is 18.2 Å². The quantitative estimate of drug-likeness (QED) is 0.574. The molecule has 0 fully saturated rings. The first-order chi connectivity index (χ1) is 13.7. The third-order valence-corrected chi connectivity index (χ3v) is 5.22. The smallest absolute Gasteiger partial charge is 0.303 e. The fourth-order valence-electron chi connectivity index (χ4n) is 3.59. The first-order valence-electron chi connectivity index (χ1n) is 11.0. The van der Waals surface area contributed by atoms with Gasteiger partial charge in [-0.3, -0.25) is 4.79 Å². The molecule has 0 bridgehead atoms. The van der Waals surface area contributed by atoms with Gasteiger partial charge in [-0.15, -0.1) is 0 Å². The van der Waals surface area contributed by atoms with Gasteiger partial charge in [0.1, 0.15) is 11.5 Å². The van der Waals surface area contributed by atoms with Crippen molar-refractivity contribution in [1.29, 1.82) is 0 Å². The van der Waals surface area contributed by atoms with Gasteiger partial charge in [0.2, 0.25) is 0 Å². The molecule has 1 aromatic rings. The Labute approximate surface area is 170 Å². The van der Waals surface area contributed by atoms with Crippen molar-refractivity contribution >= 4 is 5.97 Å². The Kier molecular flexibility index (Phi) is 10.8. The molecule has 2 rings (SSSR count). The number of rotatable bonds is 10. The van der Waals surface area contributed by atoms with Gasteiger partial charge >= 0.3 is 5.97 Å². The van der Waals surface area contributed by atoms with Crippen LogP contribution in [0.25, 0.3) is 0 Å². The summed E-state index contributed by atoms with van der Waals surface area (Å²) in [6.45, 7) is 6.60. The lowest BCUT2D eigenvalue weighted by Gasteiger charge is -2.21. The molecule has 1 aliphatic heterocycles. The molecule has 1 heterocycles. The number of aryl methyl sites for hydroxylation is 1. The van der Waals surface area contributed by atoms with Gasteiger partial charge in [0.15, 0.2) is 0 Å². The molecular weight excluding hydrogens is 354 g/mol. The maximum Gasteiger partial charge on any atom is 0.303 e. The van der Waals surface area contributed by atoms with Gasteiger partial charge in [-0.25, -0.2) is 0 Å². The Balaban J connectivity index is 1.86. The Morgan fingerprint density at radius 1 is 1.14 bits per heavy atom. The zero-order valence-corrected chi connectivity index (χ0v) is 17.5. The van der Waals surface area contributed by atoms with Crippen molar-refractivity contribution in [3.8, 4) is 11.5 Å². The summed E-state index contributed by atoms with van der Waals surface area (Å²) in [5.41, 5.74) is 1.24. The van der Waals surface area contributed by atoms with Crippen LogP contribution in [0.5, 0.6) is 11.5 Å².